The van der Waals surface area contributed by atoms with Gasteiger partial charge in [0.15, 0.2) is 5.78 Å². The number of hydrogen-bond donors (Lipinski definition) is 0. The van der Waals surface area contributed by atoms with E-state index in [0.29, 0.717) is 12.2 Å². The summed E-state index contributed by atoms with van der Waals surface area (Å²) >= 11 is 3.30. The first-order chi connectivity index (χ1) is 14.7. The van der Waals surface area contributed by atoms with Crippen molar-refractivity contribution in [1.82, 2.24) is 9.97 Å². The zero-order chi connectivity index (χ0) is 20.2. The molecule has 0 N–H and O–H groups in total. The van der Waals surface area contributed by atoms with E-state index in [1.165, 1.54) is 40.4 Å². The van der Waals surface area contributed by atoms with Crippen molar-refractivity contribution in [3.8, 4) is 0 Å². The van der Waals surface area contributed by atoms with E-state index in [2.05, 4.69) is 9.97 Å². The maximum atomic E-state index is 13.1. The number of thioether (sulfide) groups is 1. The molecule has 3 aliphatic rings. The number of anilines is 1. The number of benzene rings is 1. The van der Waals surface area contributed by atoms with Gasteiger partial charge in [0.2, 0.25) is 5.91 Å². The van der Waals surface area contributed by atoms with Crippen molar-refractivity contribution in [2.75, 3.05) is 17.2 Å². The smallest absolute Gasteiger partial charge is 0.231 e. The third-order valence-electron chi connectivity index (χ3n) is 6.39. The lowest BCUT2D eigenvalue weighted by atomic mass is 9.96. The van der Waals surface area contributed by atoms with Gasteiger partial charge in [-0.15, -0.1) is 11.3 Å². The number of hydrogen-bond acceptors (Lipinski definition) is 6. The molecule has 3 aromatic rings. The molecule has 0 saturated heterocycles. The van der Waals surface area contributed by atoms with Crippen molar-refractivity contribution in [2.45, 2.75) is 50.0 Å². The van der Waals surface area contributed by atoms with E-state index in [-0.39, 0.29) is 11.7 Å². The fraction of sp³-hybridized carbons (Fsp3) is 0.391. The van der Waals surface area contributed by atoms with Crippen LogP contribution >= 0.6 is 23.1 Å². The molecule has 0 radical (unpaired) electrons. The number of amides is 1. The van der Waals surface area contributed by atoms with Crippen LogP contribution in [0.4, 0.5) is 5.69 Å². The van der Waals surface area contributed by atoms with E-state index in [9.17, 15) is 9.59 Å². The summed E-state index contributed by atoms with van der Waals surface area (Å²) in [6.45, 7) is 0.802. The van der Waals surface area contributed by atoms with Gasteiger partial charge in [-0.3, -0.25) is 9.59 Å². The van der Waals surface area contributed by atoms with Crippen molar-refractivity contribution < 1.29 is 9.59 Å². The molecule has 7 heteroatoms. The second-order valence-electron chi connectivity index (χ2n) is 8.25. The highest BCUT2D eigenvalue weighted by atomic mass is 32.2. The number of carbonyl (C=O) groups excluding carboxylic acids is 2. The van der Waals surface area contributed by atoms with E-state index in [0.717, 1.165) is 64.5 Å². The van der Waals surface area contributed by atoms with E-state index in [1.54, 1.807) is 17.7 Å². The Kier molecular flexibility index (Phi) is 4.42. The quantitative estimate of drug-likeness (QED) is 0.346. The first kappa shape index (κ1) is 18.5. The average molecular weight is 436 g/mol. The number of aryl methyl sites for hydroxylation is 3. The molecular formula is C23H21N3O2S2. The molecular weight excluding hydrogens is 414 g/mol. The second kappa shape index (κ2) is 7.17. The van der Waals surface area contributed by atoms with Crippen molar-refractivity contribution >= 4 is 50.7 Å². The molecule has 2 aromatic heterocycles. The van der Waals surface area contributed by atoms with Crippen LogP contribution in [0.25, 0.3) is 10.2 Å². The fourth-order valence-electron chi connectivity index (χ4n) is 5.03. The lowest BCUT2D eigenvalue weighted by Gasteiger charge is -2.25. The molecule has 0 fully saturated rings. The summed E-state index contributed by atoms with van der Waals surface area (Å²) in [7, 11) is 0. The average Bonchev–Trinajstić information content (AvgIpc) is 3.31. The molecule has 0 spiro atoms. The standard InChI is InChI=1S/C23H21N3O2S2/c27-17(14-8-13-4-3-7-26-19(28)10-15(9-14)21(13)26)11-29-22-20-16-5-1-2-6-18(16)30-23(20)25-12-24-22/h8-9,12H,1-7,10-11H2. The zero-order valence-electron chi connectivity index (χ0n) is 16.6. The fourth-order valence-corrected chi connectivity index (χ4v) is 7.24. The van der Waals surface area contributed by atoms with Crippen molar-refractivity contribution in [1.29, 1.82) is 0 Å². The highest BCUT2D eigenvalue weighted by Gasteiger charge is 2.33. The van der Waals surface area contributed by atoms with E-state index < -0.39 is 0 Å². The predicted molar refractivity (Wildman–Crippen MR) is 120 cm³/mol. The Morgan fingerprint density at radius 1 is 1.10 bits per heavy atom. The third kappa shape index (κ3) is 2.90. The Labute approximate surface area is 182 Å². The van der Waals surface area contributed by atoms with E-state index >= 15 is 0 Å². The summed E-state index contributed by atoms with van der Waals surface area (Å²) < 4.78 is 0. The summed E-state index contributed by atoms with van der Waals surface area (Å²) in [4.78, 5) is 38.8. The SMILES string of the molecule is O=C(CSc1ncnc2sc3c(c12)CCCC3)c1cc2c3c(c1)CC(=O)N3CCC2. The van der Waals surface area contributed by atoms with Gasteiger partial charge in [0.25, 0.3) is 0 Å². The van der Waals surface area contributed by atoms with Crippen molar-refractivity contribution in [2.24, 2.45) is 0 Å². The van der Waals surface area contributed by atoms with Crippen molar-refractivity contribution in [3.05, 3.63) is 45.6 Å². The molecule has 1 amide bonds. The lowest BCUT2D eigenvalue weighted by Crippen LogP contribution is -2.31. The van der Waals surface area contributed by atoms with Crippen LogP contribution in [0, 0.1) is 0 Å². The van der Waals surface area contributed by atoms with Crippen LogP contribution in [-0.4, -0.2) is 34.0 Å². The number of thiophene rings is 1. The topological polar surface area (TPSA) is 63.2 Å². The largest absolute Gasteiger partial charge is 0.312 e. The highest BCUT2D eigenvalue weighted by molar-refractivity contribution is 8.00. The Hall–Kier alpha value is -2.25. The van der Waals surface area contributed by atoms with Gasteiger partial charge < -0.3 is 4.90 Å². The summed E-state index contributed by atoms with van der Waals surface area (Å²) in [5.74, 6) is 0.619. The zero-order valence-corrected chi connectivity index (χ0v) is 18.2. The lowest BCUT2D eigenvalue weighted by molar-refractivity contribution is -0.117. The first-order valence-electron chi connectivity index (χ1n) is 10.6. The summed E-state index contributed by atoms with van der Waals surface area (Å²) in [5.41, 5.74) is 5.36. The van der Waals surface area contributed by atoms with Gasteiger partial charge in [0.1, 0.15) is 16.2 Å². The molecule has 1 aromatic carbocycles. The van der Waals surface area contributed by atoms with Gasteiger partial charge in [-0.2, -0.15) is 0 Å². The molecule has 30 heavy (non-hydrogen) atoms. The van der Waals surface area contributed by atoms with Gasteiger partial charge >= 0.3 is 0 Å². The third-order valence-corrected chi connectivity index (χ3v) is 8.58. The Balaban J connectivity index is 1.28. The van der Waals surface area contributed by atoms with Gasteiger partial charge in [0.05, 0.1) is 17.9 Å². The number of Topliss-reactive ketones (excluding diaryl/α,β-unsaturated/α-hetero) is 1. The monoisotopic (exact) mass is 435 g/mol. The predicted octanol–water partition coefficient (Wildman–Crippen LogP) is 4.38. The van der Waals surface area contributed by atoms with Crippen LogP contribution in [-0.2, 0) is 30.5 Å². The van der Waals surface area contributed by atoms with Crippen LogP contribution in [0.3, 0.4) is 0 Å². The number of fused-ring (bicyclic) bond motifs is 3. The summed E-state index contributed by atoms with van der Waals surface area (Å²) in [5, 5.41) is 2.09. The van der Waals surface area contributed by atoms with Gasteiger partial charge in [-0.1, -0.05) is 11.8 Å². The van der Waals surface area contributed by atoms with E-state index in [4.69, 9.17) is 0 Å². The molecule has 0 saturated carbocycles. The molecule has 5 nitrogen and oxygen atoms in total. The number of ketones is 1. The normalized spacial score (nSPS) is 17.3. The Morgan fingerprint density at radius 2 is 1.97 bits per heavy atom. The van der Waals surface area contributed by atoms with Crippen LogP contribution < -0.4 is 4.90 Å². The number of nitrogens with zero attached hydrogens (tertiary/aromatic N) is 3. The second-order valence-corrected chi connectivity index (χ2v) is 10.3. The van der Waals surface area contributed by atoms with Gasteiger partial charge in [-0.05, 0) is 67.3 Å². The van der Waals surface area contributed by atoms with Gasteiger partial charge in [-0.25, -0.2) is 9.97 Å². The van der Waals surface area contributed by atoms with Crippen LogP contribution in [0.2, 0.25) is 0 Å². The molecule has 152 valence electrons. The Morgan fingerprint density at radius 3 is 2.90 bits per heavy atom. The maximum absolute atomic E-state index is 13.1. The molecule has 6 rings (SSSR count). The van der Waals surface area contributed by atoms with Crippen molar-refractivity contribution in [3.63, 3.8) is 0 Å². The summed E-state index contributed by atoms with van der Waals surface area (Å²) in [6.07, 6.45) is 8.62. The molecule has 0 atom stereocenters. The first-order valence-corrected chi connectivity index (χ1v) is 12.4. The molecule has 0 bridgehead atoms. The highest BCUT2D eigenvalue weighted by Crippen LogP contribution is 2.40. The minimum Gasteiger partial charge on any atom is -0.312 e. The molecule has 0 unspecified atom stereocenters. The van der Waals surface area contributed by atoms with Crippen LogP contribution in [0.15, 0.2) is 23.5 Å². The Bertz CT molecular complexity index is 1220. The van der Waals surface area contributed by atoms with Crippen LogP contribution in [0.1, 0.15) is 51.2 Å². The maximum Gasteiger partial charge on any atom is 0.231 e. The molecule has 4 heterocycles. The van der Waals surface area contributed by atoms with Crippen LogP contribution in [0.5, 0.6) is 0 Å². The van der Waals surface area contributed by atoms with E-state index in [1.807, 2.05) is 17.0 Å². The number of rotatable bonds is 4. The summed E-state index contributed by atoms with van der Waals surface area (Å²) in [6, 6.07) is 3.95. The molecule has 2 aliphatic heterocycles. The number of carbonyl (C=O) groups is 2. The minimum atomic E-state index is 0.103. The van der Waals surface area contributed by atoms with Gasteiger partial charge in [0, 0.05) is 22.4 Å². The number of aromatic nitrogens is 2. The molecule has 1 aliphatic carbocycles. The minimum absolute atomic E-state index is 0.103.